The number of nitrogens with zero attached hydrogens (tertiary/aromatic N) is 1. The molecular formula is C18H20N2O3S. The SMILES string of the molecule is CCCN(C(=O)Oc1cccc(NC(=O)SC)c1)c1ccccc1. The van der Waals surface area contributed by atoms with Crippen molar-refractivity contribution >= 4 is 34.5 Å². The number of rotatable bonds is 5. The molecule has 0 saturated heterocycles. The van der Waals surface area contributed by atoms with Crippen LogP contribution in [-0.4, -0.2) is 24.1 Å². The van der Waals surface area contributed by atoms with Crippen molar-refractivity contribution in [3.8, 4) is 5.75 Å². The molecule has 0 aromatic heterocycles. The van der Waals surface area contributed by atoms with E-state index in [1.165, 1.54) is 0 Å². The lowest BCUT2D eigenvalue weighted by Gasteiger charge is -2.21. The standard InChI is InChI=1S/C18H20N2O3S/c1-3-12-20(15-9-5-4-6-10-15)18(22)23-16-11-7-8-14(13-16)19-17(21)24-2/h4-11,13H,3,12H2,1-2H3,(H,19,21). The molecule has 0 aliphatic heterocycles. The van der Waals surface area contributed by atoms with Crippen molar-refractivity contribution in [3.05, 3.63) is 54.6 Å². The molecule has 0 bridgehead atoms. The van der Waals surface area contributed by atoms with Gasteiger partial charge < -0.3 is 10.1 Å². The summed E-state index contributed by atoms with van der Waals surface area (Å²) in [5.74, 6) is 0.385. The number of para-hydroxylation sites is 1. The minimum Gasteiger partial charge on any atom is -0.410 e. The summed E-state index contributed by atoms with van der Waals surface area (Å²) >= 11 is 1.08. The minimum atomic E-state index is -0.448. The summed E-state index contributed by atoms with van der Waals surface area (Å²) in [7, 11) is 0. The van der Waals surface area contributed by atoms with E-state index < -0.39 is 6.09 Å². The average molecular weight is 344 g/mol. The molecule has 0 saturated carbocycles. The van der Waals surface area contributed by atoms with Gasteiger partial charge in [0, 0.05) is 24.0 Å². The number of hydrogen-bond donors (Lipinski definition) is 1. The van der Waals surface area contributed by atoms with E-state index in [0.29, 0.717) is 18.0 Å². The van der Waals surface area contributed by atoms with Gasteiger partial charge in [0.2, 0.25) is 0 Å². The molecule has 0 fully saturated rings. The van der Waals surface area contributed by atoms with Crippen LogP contribution in [0.1, 0.15) is 13.3 Å². The van der Waals surface area contributed by atoms with Gasteiger partial charge in [-0.25, -0.2) is 4.79 Å². The molecule has 0 spiro atoms. The Kier molecular flexibility index (Phi) is 6.69. The third kappa shape index (κ3) is 5.03. The summed E-state index contributed by atoms with van der Waals surface area (Å²) < 4.78 is 5.47. The van der Waals surface area contributed by atoms with E-state index in [2.05, 4.69) is 5.32 Å². The van der Waals surface area contributed by atoms with Crippen LogP contribution in [0.25, 0.3) is 0 Å². The lowest BCUT2D eigenvalue weighted by atomic mass is 10.3. The Balaban J connectivity index is 2.12. The van der Waals surface area contributed by atoms with Gasteiger partial charge in [-0.2, -0.15) is 0 Å². The molecule has 0 aliphatic carbocycles. The third-order valence-corrected chi connectivity index (χ3v) is 3.68. The van der Waals surface area contributed by atoms with Gasteiger partial charge in [0.25, 0.3) is 5.24 Å². The van der Waals surface area contributed by atoms with Gasteiger partial charge in [-0.05, 0) is 36.9 Å². The normalized spacial score (nSPS) is 10.1. The Morgan fingerprint density at radius 1 is 1.12 bits per heavy atom. The fourth-order valence-corrected chi connectivity index (χ4v) is 2.34. The summed E-state index contributed by atoms with van der Waals surface area (Å²) in [6.07, 6.45) is 2.06. The van der Waals surface area contributed by atoms with Crippen molar-refractivity contribution in [2.45, 2.75) is 13.3 Å². The number of ether oxygens (including phenoxy) is 1. The zero-order valence-corrected chi connectivity index (χ0v) is 14.5. The monoisotopic (exact) mass is 344 g/mol. The van der Waals surface area contributed by atoms with Crippen molar-refractivity contribution in [3.63, 3.8) is 0 Å². The highest BCUT2D eigenvalue weighted by molar-refractivity contribution is 8.13. The first kappa shape index (κ1) is 17.9. The molecule has 126 valence electrons. The van der Waals surface area contributed by atoms with Gasteiger partial charge in [0.1, 0.15) is 5.75 Å². The fourth-order valence-electron chi connectivity index (χ4n) is 2.12. The topological polar surface area (TPSA) is 58.6 Å². The number of amides is 2. The van der Waals surface area contributed by atoms with Crippen LogP contribution >= 0.6 is 11.8 Å². The Bertz CT molecular complexity index is 692. The van der Waals surface area contributed by atoms with Crippen molar-refractivity contribution in [1.29, 1.82) is 0 Å². The molecule has 0 heterocycles. The zero-order valence-electron chi connectivity index (χ0n) is 13.7. The maximum absolute atomic E-state index is 12.5. The third-order valence-electron chi connectivity index (χ3n) is 3.21. The number of hydrogen-bond acceptors (Lipinski definition) is 4. The van der Waals surface area contributed by atoms with Gasteiger partial charge >= 0.3 is 6.09 Å². The molecule has 2 amide bonds. The minimum absolute atomic E-state index is 0.171. The van der Waals surface area contributed by atoms with Crippen LogP contribution in [0, 0.1) is 0 Å². The van der Waals surface area contributed by atoms with E-state index in [-0.39, 0.29) is 5.24 Å². The maximum Gasteiger partial charge on any atom is 0.419 e. The summed E-state index contributed by atoms with van der Waals surface area (Å²) in [6.45, 7) is 2.56. The van der Waals surface area contributed by atoms with Crippen LogP contribution in [0.5, 0.6) is 5.75 Å². The molecule has 5 nitrogen and oxygen atoms in total. The fraction of sp³-hybridized carbons (Fsp3) is 0.222. The predicted molar refractivity (Wildman–Crippen MR) is 99.1 cm³/mol. The van der Waals surface area contributed by atoms with Crippen LogP contribution < -0.4 is 15.0 Å². The quantitative estimate of drug-likeness (QED) is 0.829. The van der Waals surface area contributed by atoms with E-state index >= 15 is 0 Å². The number of thioether (sulfide) groups is 1. The van der Waals surface area contributed by atoms with Crippen LogP contribution in [0.3, 0.4) is 0 Å². The molecule has 2 rings (SSSR count). The van der Waals surface area contributed by atoms with Crippen molar-refractivity contribution in [2.24, 2.45) is 0 Å². The highest BCUT2D eigenvalue weighted by Crippen LogP contribution is 2.21. The van der Waals surface area contributed by atoms with Gasteiger partial charge in [0.15, 0.2) is 0 Å². The Hall–Kier alpha value is -2.47. The number of carbonyl (C=O) groups excluding carboxylic acids is 2. The number of benzene rings is 2. The zero-order chi connectivity index (χ0) is 17.4. The highest BCUT2D eigenvalue weighted by atomic mass is 32.2. The van der Waals surface area contributed by atoms with Crippen LogP contribution in [-0.2, 0) is 0 Å². The average Bonchev–Trinajstić information content (AvgIpc) is 2.60. The lowest BCUT2D eigenvalue weighted by molar-refractivity contribution is 0.207. The molecule has 0 unspecified atom stereocenters. The number of nitrogens with one attached hydrogen (secondary N) is 1. The summed E-state index contributed by atoms with van der Waals surface area (Å²) in [5, 5.41) is 2.54. The van der Waals surface area contributed by atoms with E-state index in [1.807, 2.05) is 37.3 Å². The smallest absolute Gasteiger partial charge is 0.410 e. The first-order valence-corrected chi connectivity index (χ1v) is 8.86. The van der Waals surface area contributed by atoms with Gasteiger partial charge in [-0.15, -0.1) is 0 Å². The summed E-state index contributed by atoms with van der Waals surface area (Å²) in [6, 6.07) is 16.2. The predicted octanol–water partition coefficient (Wildman–Crippen LogP) is 5.00. The Morgan fingerprint density at radius 2 is 1.88 bits per heavy atom. The van der Waals surface area contributed by atoms with Gasteiger partial charge in [0.05, 0.1) is 0 Å². The molecule has 0 aliphatic rings. The van der Waals surface area contributed by atoms with E-state index in [0.717, 1.165) is 23.9 Å². The second-order valence-electron chi connectivity index (χ2n) is 5.00. The van der Waals surface area contributed by atoms with E-state index in [1.54, 1.807) is 35.4 Å². The molecular weight excluding hydrogens is 324 g/mol. The first-order chi connectivity index (χ1) is 11.6. The summed E-state index contributed by atoms with van der Waals surface area (Å²) in [4.78, 5) is 25.5. The van der Waals surface area contributed by atoms with Gasteiger partial charge in [-0.1, -0.05) is 43.0 Å². The summed E-state index contributed by atoms with van der Waals surface area (Å²) in [5.41, 5.74) is 1.37. The van der Waals surface area contributed by atoms with Gasteiger partial charge in [-0.3, -0.25) is 9.69 Å². The highest BCUT2D eigenvalue weighted by Gasteiger charge is 2.17. The molecule has 1 N–H and O–H groups in total. The van der Waals surface area contributed by atoms with Crippen LogP contribution in [0.15, 0.2) is 54.6 Å². The first-order valence-electron chi connectivity index (χ1n) is 7.63. The largest absolute Gasteiger partial charge is 0.419 e. The molecule has 2 aromatic carbocycles. The van der Waals surface area contributed by atoms with Crippen molar-refractivity contribution in [2.75, 3.05) is 23.0 Å². The maximum atomic E-state index is 12.5. The van der Waals surface area contributed by atoms with E-state index in [4.69, 9.17) is 4.74 Å². The second-order valence-corrected chi connectivity index (χ2v) is 5.78. The molecule has 2 aromatic rings. The molecule has 0 atom stereocenters. The molecule has 24 heavy (non-hydrogen) atoms. The Labute approximate surface area is 146 Å². The van der Waals surface area contributed by atoms with Crippen LogP contribution in [0.4, 0.5) is 21.0 Å². The van der Waals surface area contributed by atoms with Crippen LogP contribution in [0.2, 0.25) is 0 Å². The second kappa shape index (κ2) is 8.98. The van der Waals surface area contributed by atoms with E-state index in [9.17, 15) is 9.59 Å². The molecule has 0 radical (unpaired) electrons. The van der Waals surface area contributed by atoms with Crippen molar-refractivity contribution < 1.29 is 14.3 Å². The Morgan fingerprint density at radius 3 is 2.54 bits per heavy atom. The molecule has 6 heteroatoms. The number of anilines is 2. The number of carbonyl (C=O) groups is 2. The lowest BCUT2D eigenvalue weighted by Crippen LogP contribution is -2.34. The van der Waals surface area contributed by atoms with Crippen molar-refractivity contribution in [1.82, 2.24) is 0 Å².